The molecule has 1 fully saturated rings. The van der Waals surface area contributed by atoms with Gasteiger partial charge in [-0.15, -0.1) is 0 Å². The van der Waals surface area contributed by atoms with Crippen molar-refractivity contribution in [3.8, 4) is 5.75 Å². The molecule has 1 atom stereocenters. The Morgan fingerprint density at radius 1 is 1.29 bits per heavy atom. The molecule has 0 amide bonds. The van der Waals surface area contributed by atoms with Gasteiger partial charge in [-0.05, 0) is 56.4 Å². The predicted octanol–water partition coefficient (Wildman–Crippen LogP) is 1.14. The van der Waals surface area contributed by atoms with E-state index >= 15 is 0 Å². The first kappa shape index (κ1) is 19.2. The molecule has 2 aromatic rings. The van der Waals surface area contributed by atoms with Gasteiger partial charge in [-0.2, -0.15) is 0 Å². The Morgan fingerprint density at radius 3 is 2.67 bits per heavy atom. The van der Waals surface area contributed by atoms with Gasteiger partial charge in [0, 0.05) is 62.0 Å². The van der Waals surface area contributed by atoms with E-state index in [1.165, 1.54) is 37.4 Å². The van der Waals surface area contributed by atoms with Gasteiger partial charge in [0.25, 0.3) is 0 Å². The molecular formula is C16H22B5N2O. The van der Waals surface area contributed by atoms with Crippen molar-refractivity contribution < 1.29 is 4.74 Å². The van der Waals surface area contributed by atoms with Gasteiger partial charge >= 0.3 is 0 Å². The third-order valence-corrected chi connectivity index (χ3v) is 4.47. The number of ether oxygens (including phenoxy) is 1. The summed E-state index contributed by atoms with van der Waals surface area (Å²) in [7, 11) is 20.1. The molecule has 1 aromatic heterocycles. The van der Waals surface area contributed by atoms with E-state index in [9.17, 15) is 0 Å². The van der Waals surface area contributed by atoms with Crippen molar-refractivity contribution in [1.29, 1.82) is 0 Å². The van der Waals surface area contributed by atoms with Crippen LogP contribution < -0.4 is 4.74 Å². The molecule has 1 aliphatic heterocycles. The minimum Gasteiger partial charge on any atom is -0.493 e. The van der Waals surface area contributed by atoms with Crippen LogP contribution in [0.15, 0.2) is 30.5 Å². The Kier molecular flexibility index (Phi) is 7.48. The highest BCUT2D eigenvalue weighted by Crippen LogP contribution is 2.22. The summed E-state index contributed by atoms with van der Waals surface area (Å²) < 4.78 is 8.04. The fourth-order valence-electron chi connectivity index (χ4n) is 2.99. The molecule has 1 aromatic carbocycles. The van der Waals surface area contributed by atoms with Gasteiger partial charge in [0.2, 0.25) is 0 Å². The molecule has 8 heteroatoms. The van der Waals surface area contributed by atoms with E-state index in [0.717, 1.165) is 18.8 Å². The molecule has 0 bridgehead atoms. The zero-order valence-electron chi connectivity index (χ0n) is 14.7. The topological polar surface area (TPSA) is 17.4 Å². The number of hydrogen-bond acceptors (Lipinski definition) is 2. The van der Waals surface area contributed by atoms with Crippen molar-refractivity contribution in [1.82, 2.24) is 9.47 Å². The number of hydrogen-bond donors (Lipinski definition) is 0. The second kappa shape index (κ2) is 9.36. The second-order valence-electron chi connectivity index (χ2n) is 6.33. The summed E-state index contributed by atoms with van der Waals surface area (Å²) in [5.74, 6) is 0.981. The average molecular weight is 312 g/mol. The summed E-state index contributed by atoms with van der Waals surface area (Å²) in [5, 5.41) is 1.27. The van der Waals surface area contributed by atoms with E-state index in [2.05, 4.69) is 54.0 Å². The maximum atomic E-state index is 5.91. The Hall–Kier alpha value is -1.16. The number of likely N-dealkylation sites (tertiary alicyclic amines) is 1. The summed E-state index contributed by atoms with van der Waals surface area (Å²) in [6.07, 6.45) is 5.39. The lowest BCUT2D eigenvalue weighted by Crippen LogP contribution is -2.26. The van der Waals surface area contributed by atoms with Crippen molar-refractivity contribution in [2.75, 3.05) is 20.2 Å². The molecule has 0 spiro atoms. The van der Waals surface area contributed by atoms with Crippen LogP contribution >= 0.6 is 0 Å². The van der Waals surface area contributed by atoms with Crippen molar-refractivity contribution in [2.24, 2.45) is 7.05 Å². The largest absolute Gasteiger partial charge is 0.493 e. The molecule has 117 valence electrons. The highest BCUT2D eigenvalue weighted by Gasteiger charge is 2.20. The molecule has 1 aliphatic rings. The molecule has 7 radical (unpaired) electrons. The van der Waals surface area contributed by atoms with Gasteiger partial charge in [-0.25, -0.2) is 0 Å². The van der Waals surface area contributed by atoms with Gasteiger partial charge in [0.1, 0.15) is 5.75 Å². The lowest BCUT2D eigenvalue weighted by atomic mass is 8.97. The maximum absolute atomic E-state index is 5.91. The lowest BCUT2D eigenvalue weighted by molar-refractivity contribution is 0.233. The number of benzene rings is 1. The minimum absolute atomic E-state index is 0.463. The fourth-order valence-corrected chi connectivity index (χ4v) is 2.99. The van der Waals surface area contributed by atoms with Gasteiger partial charge in [0.15, 0.2) is 0 Å². The molecular weight excluding hydrogens is 290 g/mol. The monoisotopic (exact) mass is 313 g/mol. The van der Waals surface area contributed by atoms with Crippen molar-refractivity contribution >= 4 is 47.6 Å². The highest BCUT2D eigenvalue weighted by molar-refractivity contribution is 7.60. The average Bonchev–Trinajstić information content (AvgIpc) is 3.14. The van der Waals surface area contributed by atoms with Gasteiger partial charge < -0.3 is 14.2 Å². The number of fused-ring (bicyclic) bond motifs is 1. The lowest BCUT2D eigenvalue weighted by Gasteiger charge is -2.19. The number of nitrogens with zero attached hydrogens (tertiary/aromatic N) is 2. The fraction of sp³-hybridized carbons (Fsp3) is 0.500. The molecule has 24 heavy (non-hydrogen) atoms. The van der Waals surface area contributed by atoms with E-state index in [1.54, 1.807) is 0 Å². The van der Waals surface area contributed by atoms with Crippen LogP contribution in [0.4, 0.5) is 0 Å². The first-order chi connectivity index (χ1) is 11.5. The van der Waals surface area contributed by atoms with E-state index in [0.29, 0.717) is 6.04 Å². The minimum atomic E-state index is -0.463. The van der Waals surface area contributed by atoms with E-state index in [1.807, 2.05) is 0 Å². The van der Waals surface area contributed by atoms with Gasteiger partial charge in [-0.1, -0.05) is 0 Å². The predicted molar refractivity (Wildman–Crippen MR) is 107 cm³/mol. The summed E-state index contributed by atoms with van der Waals surface area (Å²) in [6, 6.07) is 9.17. The second-order valence-corrected chi connectivity index (χ2v) is 6.33. The van der Waals surface area contributed by atoms with Crippen molar-refractivity contribution in [3.05, 3.63) is 30.5 Å². The van der Waals surface area contributed by atoms with Crippen LogP contribution in [-0.4, -0.2) is 72.4 Å². The molecule has 0 saturated carbocycles. The molecule has 3 nitrogen and oxygen atoms in total. The van der Waals surface area contributed by atoms with E-state index in [4.69, 9.17) is 27.9 Å². The molecule has 1 saturated heterocycles. The van der Waals surface area contributed by atoms with Crippen LogP contribution in [0.3, 0.4) is 0 Å². The smallest absolute Gasteiger partial charge is 0.121 e. The van der Waals surface area contributed by atoms with Crippen LogP contribution in [-0.2, 0) is 7.05 Å². The first-order valence-corrected chi connectivity index (χ1v) is 8.45. The third-order valence-electron chi connectivity index (χ3n) is 4.47. The zero-order valence-corrected chi connectivity index (χ0v) is 14.7. The first-order valence-electron chi connectivity index (χ1n) is 8.45. The summed E-state index contributed by atoms with van der Waals surface area (Å²) >= 11 is 0. The van der Waals surface area contributed by atoms with Crippen molar-refractivity contribution in [3.63, 3.8) is 0 Å². The van der Waals surface area contributed by atoms with Crippen LogP contribution in [0.25, 0.3) is 10.9 Å². The molecule has 3 rings (SSSR count). The number of aromatic nitrogens is 1. The zero-order chi connectivity index (χ0) is 17.5. The van der Waals surface area contributed by atoms with Crippen LogP contribution in [0.2, 0.25) is 0 Å². The Labute approximate surface area is 151 Å². The standard InChI is InChI=1S/C16H22N2O.B5/c1-17-9-3-4-14(17)8-11-19-15-6-5-13-7-10-18(2)16(13)12-15;1-4-5(2)3/h5-7,10,12,14H,3-4,8-9,11H2,1-2H3;. The summed E-state index contributed by atoms with van der Waals surface area (Å²) in [6.45, 7) is 2.05. The van der Waals surface area contributed by atoms with Gasteiger partial charge in [-0.3, -0.25) is 0 Å². The maximum Gasteiger partial charge on any atom is 0.121 e. The third kappa shape index (κ3) is 5.44. The quantitative estimate of drug-likeness (QED) is 0.770. The highest BCUT2D eigenvalue weighted by atomic mass is 16.5. The number of aryl methyl sites for hydroxylation is 1. The molecule has 0 aliphatic carbocycles. The Bertz CT molecular complexity index is 634. The molecule has 0 N–H and O–H groups in total. The summed E-state index contributed by atoms with van der Waals surface area (Å²) in [4.78, 5) is 2.45. The Morgan fingerprint density at radius 2 is 2.04 bits per heavy atom. The molecule has 1 unspecified atom stereocenters. The van der Waals surface area contributed by atoms with E-state index < -0.39 is 6.39 Å². The van der Waals surface area contributed by atoms with Gasteiger partial charge in [0.05, 0.1) is 12.1 Å². The normalized spacial score (nSPS) is 17.3. The van der Waals surface area contributed by atoms with E-state index in [-0.39, 0.29) is 0 Å². The SMILES string of the molecule is CN1CCCC1CCOc1ccc2ccn(C)c2c1.[B][B]B([B])[B]. The van der Waals surface area contributed by atoms with Crippen LogP contribution in [0.5, 0.6) is 5.75 Å². The summed E-state index contributed by atoms with van der Waals surface area (Å²) in [5.41, 5.74) is 1.23. The van der Waals surface area contributed by atoms with Crippen molar-refractivity contribution in [2.45, 2.75) is 25.3 Å². The number of rotatable bonds is 5. The van der Waals surface area contributed by atoms with Crippen LogP contribution in [0, 0.1) is 0 Å². The Balaban J connectivity index is 0.000000368. The molecule has 2 heterocycles. The van der Waals surface area contributed by atoms with Crippen LogP contribution in [0.1, 0.15) is 19.3 Å².